The molecule has 2 N–H and O–H groups in total. The minimum Gasteiger partial charge on any atom is -0.366 e. The lowest BCUT2D eigenvalue weighted by molar-refractivity contribution is -0.138. The first-order valence-corrected chi connectivity index (χ1v) is 4.08. The Kier molecular flexibility index (Phi) is 2.70. The number of hydrogen-bond donors (Lipinski definition) is 1. The van der Waals surface area contributed by atoms with E-state index in [-0.39, 0.29) is 11.3 Å². The fourth-order valence-electron chi connectivity index (χ4n) is 1.37. The first-order valence-electron chi connectivity index (χ1n) is 4.08. The van der Waals surface area contributed by atoms with Crippen LogP contribution < -0.4 is 5.73 Å². The van der Waals surface area contributed by atoms with E-state index < -0.39 is 23.2 Å². The van der Waals surface area contributed by atoms with Crippen LogP contribution in [0.5, 0.6) is 0 Å². The van der Waals surface area contributed by atoms with Gasteiger partial charge < -0.3 is 5.73 Å². The highest BCUT2D eigenvalue weighted by Crippen LogP contribution is 2.34. The van der Waals surface area contributed by atoms with Gasteiger partial charge in [-0.1, -0.05) is 0 Å². The molecule has 0 aliphatic carbocycles. The summed E-state index contributed by atoms with van der Waals surface area (Å²) in [5.74, 6) is -1.11. The Morgan fingerprint density at radius 2 is 1.93 bits per heavy atom. The third kappa shape index (κ3) is 2.08. The van der Waals surface area contributed by atoms with Gasteiger partial charge in [0.15, 0.2) is 0 Å². The highest BCUT2D eigenvalue weighted by atomic mass is 19.4. The van der Waals surface area contributed by atoms with Gasteiger partial charge in [0.1, 0.15) is 0 Å². The number of pyridine rings is 1. The van der Waals surface area contributed by atoms with Gasteiger partial charge in [-0.05, 0) is 19.4 Å². The molecule has 0 saturated carbocycles. The number of alkyl halides is 3. The summed E-state index contributed by atoms with van der Waals surface area (Å²) in [4.78, 5) is 14.6. The molecule has 0 aliphatic heterocycles. The Bertz CT molecular complexity index is 413. The topological polar surface area (TPSA) is 56.0 Å². The molecule has 0 unspecified atom stereocenters. The zero-order valence-electron chi connectivity index (χ0n) is 8.14. The van der Waals surface area contributed by atoms with E-state index in [0.717, 1.165) is 6.20 Å². The van der Waals surface area contributed by atoms with Crippen LogP contribution in [0, 0.1) is 13.8 Å². The molecule has 0 saturated heterocycles. The Labute approximate surface area is 84.1 Å². The fourth-order valence-corrected chi connectivity index (χ4v) is 1.37. The number of rotatable bonds is 1. The molecule has 1 rings (SSSR count). The predicted octanol–water partition coefficient (Wildman–Crippen LogP) is 1.82. The summed E-state index contributed by atoms with van der Waals surface area (Å²) in [5.41, 5.74) is 3.23. The van der Waals surface area contributed by atoms with Gasteiger partial charge in [-0.2, -0.15) is 13.2 Å². The van der Waals surface area contributed by atoms with Gasteiger partial charge in [0.2, 0.25) is 0 Å². The number of aromatic nitrogens is 1. The van der Waals surface area contributed by atoms with Crippen LogP contribution in [0.15, 0.2) is 6.20 Å². The van der Waals surface area contributed by atoms with E-state index in [9.17, 15) is 18.0 Å². The number of hydrogen-bond acceptors (Lipinski definition) is 2. The van der Waals surface area contributed by atoms with Gasteiger partial charge in [0.05, 0.1) is 16.8 Å². The second-order valence-corrected chi connectivity index (χ2v) is 3.14. The largest absolute Gasteiger partial charge is 0.417 e. The van der Waals surface area contributed by atoms with Crippen molar-refractivity contribution in [2.45, 2.75) is 20.0 Å². The van der Waals surface area contributed by atoms with Crippen molar-refractivity contribution < 1.29 is 18.0 Å². The third-order valence-corrected chi connectivity index (χ3v) is 1.99. The standard InChI is InChI=1S/C9H9F3N2O/c1-4-3-14-5(2)6(8(13)15)7(4)9(10,11)12/h3H,1-2H3,(H2,13,15). The second-order valence-electron chi connectivity index (χ2n) is 3.14. The third-order valence-electron chi connectivity index (χ3n) is 1.99. The Hall–Kier alpha value is -1.59. The average Bonchev–Trinajstić information content (AvgIpc) is 2.05. The minimum absolute atomic E-state index is 0.0135. The van der Waals surface area contributed by atoms with Crippen molar-refractivity contribution in [1.82, 2.24) is 4.98 Å². The van der Waals surface area contributed by atoms with Crippen LogP contribution in [0.1, 0.15) is 27.2 Å². The van der Waals surface area contributed by atoms with Crippen molar-refractivity contribution in [3.63, 3.8) is 0 Å². The van der Waals surface area contributed by atoms with Crippen molar-refractivity contribution in [2.75, 3.05) is 0 Å². The molecule has 1 aromatic rings. The van der Waals surface area contributed by atoms with E-state index in [2.05, 4.69) is 4.98 Å². The molecule has 1 amide bonds. The first-order chi connectivity index (χ1) is 6.75. The number of amides is 1. The molecule has 0 aromatic carbocycles. The van der Waals surface area contributed by atoms with Crippen molar-refractivity contribution in [1.29, 1.82) is 0 Å². The maximum atomic E-state index is 12.6. The highest BCUT2D eigenvalue weighted by molar-refractivity contribution is 5.95. The number of carbonyl (C=O) groups is 1. The van der Waals surface area contributed by atoms with E-state index in [1.807, 2.05) is 0 Å². The smallest absolute Gasteiger partial charge is 0.366 e. The minimum atomic E-state index is -4.60. The Morgan fingerprint density at radius 1 is 1.40 bits per heavy atom. The molecule has 0 atom stereocenters. The zero-order chi connectivity index (χ0) is 11.8. The van der Waals surface area contributed by atoms with Gasteiger partial charge in [0, 0.05) is 6.20 Å². The fraction of sp³-hybridized carbons (Fsp3) is 0.333. The molecule has 15 heavy (non-hydrogen) atoms. The van der Waals surface area contributed by atoms with Crippen LogP contribution in [0.4, 0.5) is 13.2 Å². The number of nitrogens with two attached hydrogens (primary N) is 1. The number of nitrogens with zero attached hydrogens (tertiary/aromatic N) is 1. The zero-order valence-corrected chi connectivity index (χ0v) is 8.14. The summed E-state index contributed by atoms with van der Waals surface area (Å²) in [6.07, 6.45) is -3.52. The molecule has 1 heterocycles. The van der Waals surface area contributed by atoms with Gasteiger partial charge in [-0.15, -0.1) is 0 Å². The molecule has 1 aromatic heterocycles. The van der Waals surface area contributed by atoms with Crippen LogP contribution in [0.25, 0.3) is 0 Å². The van der Waals surface area contributed by atoms with E-state index in [1.165, 1.54) is 13.8 Å². The van der Waals surface area contributed by atoms with E-state index in [0.29, 0.717) is 0 Å². The normalized spacial score (nSPS) is 11.5. The number of halogens is 3. The van der Waals surface area contributed by atoms with Gasteiger partial charge >= 0.3 is 6.18 Å². The van der Waals surface area contributed by atoms with Gasteiger partial charge in [0.25, 0.3) is 5.91 Å². The van der Waals surface area contributed by atoms with Gasteiger partial charge in [-0.25, -0.2) is 0 Å². The summed E-state index contributed by atoms with van der Waals surface area (Å²) in [6, 6.07) is 0. The molecule has 0 aliphatic rings. The number of carbonyl (C=O) groups excluding carboxylic acids is 1. The molecule has 0 spiro atoms. The molecule has 82 valence electrons. The maximum Gasteiger partial charge on any atom is 0.417 e. The lowest BCUT2D eigenvalue weighted by Crippen LogP contribution is -2.22. The van der Waals surface area contributed by atoms with Crippen molar-refractivity contribution in [3.8, 4) is 0 Å². The molecular weight excluding hydrogens is 209 g/mol. The van der Waals surface area contributed by atoms with E-state index in [1.54, 1.807) is 0 Å². The highest BCUT2D eigenvalue weighted by Gasteiger charge is 2.37. The SMILES string of the molecule is Cc1cnc(C)c(C(N)=O)c1C(F)(F)F. The van der Waals surface area contributed by atoms with Crippen molar-refractivity contribution >= 4 is 5.91 Å². The molecule has 3 nitrogen and oxygen atoms in total. The lowest BCUT2D eigenvalue weighted by Gasteiger charge is -2.14. The average molecular weight is 218 g/mol. The summed E-state index contributed by atoms with van der Waals surface area (Å²) >= 11 is 0. The second kappa shape index (κ2) is 3.52. The lowest BCUT2D eigenvalue weighted by atomic mass is 10.0. The van der Waals surface area contributed by atoms with Crippen molar-refractivity contribution in [3.05, 3.63) is 28.6 Å². The molecule has 0 fully saturated rings. The van der Waals surface area contributed by atoms with E-state index in [4.69, 9.17) is 5.73 Å². The predicted molar refractivity (Wildman–Crippen MR) is 47.2 cm³/mol. The first kappa shape index (κ1) is 11.5. The van der Waals surface area contributed by atoms with Crippen LogP contribution in [-0.4, -0.2) is 10.9 Å². The van der Waals surface area contributed by atoms with Crippen LogP contribution in [-0.2, 0) is 6.18 Å². The summed E-state index contributed by atoms with van der Waals surface area (Å²) < 4.78 is 37.8. The molecule has 0 bridgehead atoms. The summed E-state index contributed by atoms with van der Waals surface area (Å²) in [7, 11) is 0. The summed E-state index contributed by atoms with van der Waals surface area (Å²) in [5, 5.41) is 0. The molecule has 6 heteroatoms. The Morgan fingerprint density at radius 3 is 2.27 bits per heavy atom. The van der Waals surface area contributed by atoms with Gasteiger partial charge in [-0.3, -0.25) is 9.78 Å². The quantitative estimate of drug-likeness (QED) is 0.781. The number of primary amides is 1. The van der Waals surface area contributed by atoms with Crippen LogP contribution >= 0.6 is 0 Å². The van der Waals surface area contributed by atoms with Crippen LogP contribution in [0.2, 0.25) is 0 Å². The monoisotopic (exact) mass is 218 g/mol. The molecule has 0 radical (unpaired) electrons. The van der Waals surface area contributed by atoms with E-state index >= 15 is 0 Å². The maximum absolute atomic E-state index is 12.6. The summed E-state index contributed by atoms with van der Waals surface area (Å²) in [6.45, 7) is 2.55. The number of aryl methyl sites for hydroxylation is 2. The van der Waals surface area contributed by atoms with Crippen LogP contribution in [0.3, 0.4) is 0 Å². The Balaban J connectivity index is 3.60. The van der Waals surface area contributed by atoms with Crippen molar-refractivity contribution in [2.24, 2.45) is 5.73 Å². The molecular formula is C9H9F3N2O.